The van der Waals surface area contributed by atoms with Gasteiger partial charge in [-0.2, -0.15) is 0 Å². The minimum atomic E-state index is 0.0144. The second kappa shape index (κ2) is 6.27. The number of ether oxygens (including phenoxy) is 1. The summed E-state index contributed by atoms with van der Waals surface area (Å²) in [4.78, 5) is 12.2. The van der Waals surface area contributed by atoms with E-state index in [0.29, 0.717) is 13.2 Å². The fourth-order valence-electron chi connectivity index (χ4n) is 2.59. The van der Waals surface area contributed by atoms with Crippen molar-refractivity contribution in [3.05, 3.63) is 29.3 Å². The van der Waals surface area contributed by atoms with Crippen LogP contribution < -0.4 is 10.6 Å². The average Bonchev–Trinajstić information content (AvgIpc) is 3.30. The van der Waals surface area contributed by atoms with Gasteiger partial charge in [0, 0.05) is 30.9 Å². The molecule has 1 aliphatic carbocycles. The van der Waals surface area contributed by atoms with Gasteiger partial charge in [0.25, 0.3) is 5.91 Å². The lowest BCUT2D eigenvalue weighted by molar-refractivity contribution is 0.0905. The molecule has 0 bridgehead atoms. The van der Waals surface area contributed by atoms with Crippen LogP contribution in [0.3, 0.4) is 0 Å². The molecule has 0 unspecified atom stereocenters. The Bertz CT molecular complexity index is 483. The second-order valence-corrected chi connectivity index (χ2v) is 5.64. The van der Waals surface area contributed by atoms with Gasteiger partial charge >= 0.3 is 0 Å². The molecule has 3 rings (SSSR count). The van der Waals surface area contributed by atoms with E-state index in [-0.39, 0.29) is 5.91 Å². The van der Waals surface area contributed by atoms with Crippen LogP contribution in [0, 0.1) is 5.92 Å². The van der Waals surface area contributed by atoms with Crippen molar-refractivity contribution in [2.75, 3.05) is 31.6 Å². The molecule has 4 nitrogen and oxygen atoms in total. The monoisotopic (exact) mass is 274 g/mol. The fourth-order valence-corrected chi connectivity index (χ4v) is 2.59. The zero-order valence-corrected chi connectivity index (χ0v) is 11.8. The van der Waals surface area contributed by atoms with Gasteiger partial charge in [-0.3, -0.25) is 4.79 Å². The van der Waals surface area contributed by atoms with Crippen molar-refractivity contribution in [1.82, 2.24) is 5.32 Å². The molecule has 0 spiro atoms. The van der Waals surface area contributed by atoms with Crippen LogP contribution in [0.4, 0.5) is 5.69 Å². The number of benzene rings is 1. The molecule has 108 valence electrons. The maximum Gasteiger partial charge on any atom is 0.251 e. The van der Waals surface area contributed by atoms with Crippen molar-refractivity contribution in [2.24, 2.45) is 5.92 Å². The Morgan fingerprint density at radius 1 is 1.40 bits per heavy atom. The largest absolute Gasteiger partial charge is 0.385 e. The van der Waals surface area contributed by atoms with Crippen molar-refractivity contribution in [3.63, 3.8) is 0 Å². The molecular weight excluding hydrogens is 252 g/mol. The number of hydrogen-bond acceptors (Lipinski definition) is 3. The summed E-state index contributed by atoms with van der Waals surface area (Å²) in [5, 5.41) is 6.30. The summed E-state index contributed by atoms with van der Waals surface area (Å²) in [6.07, 6.45) is 4.66. The number of fused-ring (bicyclic) bond motifs is 1. The highest BCUT2D eigenvalue weighted by Gasteiger charge is 2.21. The Morgan fingerprint density at radius 2 is 2.30 bits per heavy atom. The first-order valence-electron chi connectivity index (χ1n) is 7.56. The molecule has 2 aliphatic rings. The normalized spacial score (nSPS) is 17.2. The molecule has 0 radical (unpaired) electrons. The molecule has 20 heavy (non-hydrogen) atoms. The molecule has 2 N–H and O–H groups in total. The Balaban J connectivity index is 1.51. The summed E-state index contributed by atoms with van der Waals surface area (Å²) in [6.45, 7) is 3.03. The number of carbonyl (C=O) groups is 1. The highest BCUT2D eigenvalue weighted by molar-refractivity contribution is 5.97. The summed E-state index contributed by atoms with van der Waals surface area (Å²) in [6, 6.07) is 5.89. The first kappa shape index (κ1) is 13.4. The van der Waals surface area contributed by atoms with Crippen LogP contribution >= 0.6 is 0 Å². The highest BCUT2D eigenvalue weighted by Crippen LogP contribution is 2.28. The molecular formula is C16H22N2O2. The number of hydrogen-bond donors (Lipinski definition) is 2. The third-order valence-electron chi connectivity index (χ3n) is 3.92. The van der Waals surface area contributed by atoms with Crippen molar-refractivity contribution < 1.29 is 9.53 Å². The van der Waals surface area contributed by atoms with E-state index < -0.39 is 0 Å². The van der Waals surface area contributed by atoms with E-state index in [0.717, 1.165) is 48.7 Å². The molecule has 0 saturated heterocycles. The van der Waals surface area contributed by atoms with E-state index in [4.69, 9.17) is 4.74 Å². The Labute approximate surface area is 119 Å². The molecule has 0 aromatic heterocycles. The van der Waals surface area contributed by atoms with Crippen LogP contribution in [0.15, 0.2) is 18.2 Å². The second-order valence-electron chi connectivity index (χ2n) is 5.64. The SMILES string of the molecule is O=C(NCCOCC1CC1)c1cccc2c1CCCN2. The average molecular weight is 274 g/mol. The van der Waals surface area contributed by atoms with Gasteiger partial charge in [0.05, 0.1) is 6.61 Å². The highest BCUT2D eigenvalue weighted by atomic mass is 16.5. The van der Waals surface area contributed by atoms with Gasteiger partial charge in [-0.1, -0.05) is 6.07 Å². The van der Waals surface area contributed by atoms with Gasteiger partial charge in [-0.05, 0) is 49.3 Å². The molecule has 1 fully saturated rings. The smallest absolute Gasteiger partial charge is 0.251 e. The van der Waals surface area contributed by atoms with E-state index in [1.807, 2.05) is 18.2 Å². The number of rotatable bonds is 6. The van der Waals surface area contributed by atoms with Gasteiger partial charge in [-0.15, -0.1) is 0 Å². The summed E-state index contributed by atoms with van der Waals surface area (Å²) in [7, 11) is 0. The van der Waals surface area contributed by atoms with Crippen molar-refractivity contribution >= 4 is 11.6 Å². The first-order valence-corrected chi connectivity index (χ1v) is 7.56. The maximum absolute atomic E-state index is 12.2. The van der Waals surface area contributed by atoms with Gasteiger partial charge in [-0.25, -0.2) is 0 Å². The molecule has 0 atom stereocenters. The summed E-state index contributed by atoms with van der Waals surface area (Å²) in [5.41, 5.74) is 3.06. The Morgan fingerprint density at radius 3 is 3.15 bits per heavy atom. The van der Waals surface area contributed by atoms with Crippen molar-refractivity contribution in [2.45, 2.75) is 25.7 Å². The predicted octanol–water partition coefficient (Wildman–Crippen LogP) is 2.20. The quantitative estimate of drug-likeness (QED) is 0.782. The van der Waals surface area contributed by atoms with E-state index in [2.05, 4.69) is 10.6 Å². The number of nitrogens with one attached hydrogen (secondary N) is 2. The van der Waals surface area contributed by atoms with Crippen LogP contribution in [0.2, 0.25) is 0 Å². The molecule has 1 amide bonds. The number of amides is 1. The van der Waals surface area contributed by atoms with Crippen molar-refractivity contribution in [3.8, 4) is 0 Å². The van der Waals surface area contributed by atoms with Crippen LogP contribution in [-0.4, -0.2) is 32.2 Å². The number of anilines is 1. The van der Waals surface area contributed by atoms with Gasteiger partial charge < -0.3 is 15.4 Å². The molecule has 1 aliphatic heterocycles. The molecule has 4 heteroatoms. The predicted molar refractivity (Wildman–Crippen MR) is 79.1 cm³/mol. The van der Waals surface area contributed by atoms with Crippen LogP contribution in [0.5, 0.6) is 0 Å². The maximum atomic E-state index is 12.2. The lowest BCUT2D eigenvalue weighted by Crippen LogP contribution is -2.29. The van der Waals surface area contributed by atoms with Crippen LogP contribution in [0.25, 0.3) is 0 Å². The summed E-state index contributed by atoms with van der Waals surface area (Å²) in [5.74, 6) is 0.790. The molecule has 1 aromatic carbocycles. The summed E-state index contributed by atoms with van der Waals surface area (Å²) < 4.78 is 5.53. The third kappa shape index (κ3) is 3.31. The number of carbonyl (C=O) groups excluding carboxylic acids is 1. The van der Waals surface area contributed by atoms with Crippen LogP contribution in [-0.2, 0) is 11.2 Å². The Hall–Kier alpha value is -1.55. The minimum absolute atomic E-state index is 0.0144. The zero-order valence-electron chi connectivity index (χ0n) is 11.8. The summed E-state index contributed by atoms with van der Waals surface area (Å²) >= 11 is 0. The lowest BCUT2D eigenvalue weighted by Gasteiger charge is -2.20. The molecule has 1 heterocycles. The third-order valence-corrected chi connectivity index (χ3v) is 3.92. The van der Waals surface area contributed by atoms with E-state index in [9.17, 15) is 4.79 Å². The molecule has 1 aromatic rings. The fraction of sp³-hybridized carbons (Fsp3) is 0.562. The lowest BCUT2D eigenvalue weighted by atomic mass is 9.97. The van der Waals surface area contributed by atoms with E-state index in [1.165, 1.54) is 12.8 Å². The Kier molecular flexibility index (Phi) is 4.21. The minimum Gasteiger partial charge on any atom is -0.385 e. The first-order chi connectivity index (χ1) is 9.84. The van der Waals surface area contributed by atoms with Gasteiger partial charge in [0.1, 0.15) is 0 Å². The van der Waals surface area contributed by atoms with E-state index in [1.54, 1.807) is 0 Å². The molecule has 1 saturated carbocycles. The zero-order chi connectivity index (χ0) is 13.8. The van der Waals surface area contributed by atoms with E-state index >= 15 is 0 Å². The van der Waals surface area contributed by atoms with Crippen molar-refractivity contribution in [1.29, 1.82) is 0 Å². The standard InChI is InChI=1S/C16H22N2O2/c19-16(18-9-10-20-11-12-6-7-12)14-3-1-5-15-13(14)4-2-8-17-15/h1,3,5,12,17H,2,4,6-11H2,(H,18,19). The van der Waals surface area contributed by atoms with Crippen LogP contribution in [0.1, 0.15) is 35.2 Å². The van der Waals surface area contributed by atoms with Gasteiger partial charge in [0.2, 0.25) is 0 Å². The topological polar surface area (TPSA) is 50.4 Å². The van der Waals surface area contributed by atoms with Gasteiger partial charge in [0.15, 0.2) is 0 Å².